The maximum Gasteiger partial charge on any atom is 0.224 e. The average Bonchev–Trinajstić information content (AvgIpc) is 2.36. The van der Waals surface area contributed by atoms with Crippen LogP contribution in [0.25, 0.3) is 0 Å². The van der Waals surface area contributed by atoms with Crippen molar-refractivity contribution in [2.24, 2.45) is 0 Å². The largest absolute Gasteiger partial charge is 0.359 e. The standard InChI is InChI=1S/C14H18N2O/c1-15-10-4-3-5-12-6-8-13(9-7-12)11-14(17)16-2/h6-9,15H,4,10-11H2,1-2H3,(H,16,17). The zero-order chi connectivity index (χ0) is 12.5. The number of benzene rings is 1. The van der Waals surface area contributed by atoms with Crippen molar-refractivity contribution in [1.82, 2.24) is 10.6 Å². The summed E-state index contributed by atoms with van der Waals surface area (Å²) in [6.45, 7) is 0.905. The van der Waals surface area contributed by atoms with E-state index in [1.165, 1.54) is 0 Å². The number of rotatable bonds is 4. The molecule has 0 aliphatic heterocycles. The lowest BCUT2D eigenvalue weighted by Gasteiger charge is -2.00. The molecule has 0 heterocycles. The summed E-state index contributed by atoms with van der Waals surface area (Å²) in [7, 11) is 3.55. The fourth-order valence-electron chi connectivity index (χ4n) is 1.33. The van der Waals surface area contributed by atoms with E-state index in [1.807, 2.05) is 31.3 Å². The van der Waals surface area contributed by atoms with Gasteiger partial charge in [-0.2, -0.15) is 0 Å². The topological polar surface area (TPSA) is 41.1 Å². The molecule has 0 bridgehead atoms. The Balaban J connectivity index is 2.54. The molecule has 17 heavy (non-hydrogen) atoms. The number of carbonyl (C=O) groups excluding carboxylic acids is 1. The quantitative estimate of drug-likeness (QED) is 0.597. The number of hydrogen-bond acceptors (Lipinski definition) is 2. The highest BCUT2D eigenvalue weighted by atomic mass is 16.1. The van der Waals surface area contributed by atoms with Crippen LogP contribution in [0.4, 0.5) is 0 Å². The summed E-state index contributed by atoms with van der Waals surface area (Å²) in [5.41, 5.74) is 1.99. The van der Waals surface area contributed by atoms with E-state index in [4.69, 9.17) is 0 Å². The second kappa shape index (κ2) is 7.48. The van der Waals surface area contributed by atoms with Crippen molar-refractivity contribution in [2.75, 3.05) is 20.6 Å². The Morgan fingerprint density at radius 3 is 2.53 bits per heavy atom. The molecule has 0 atom stereocenters. The highest BCUT2D eigenvalue weighted by Gasteiger charge is 1.99. The smallest absolute Gasteiger partial charge is 0.224 e. The minimum atomic E-state index is 0.0258. The van der Waals surface area contributed by atoms with Gasteiger partial charge in [-0.1, -0.05) is 24.0 Å². The lowest BCUT2D eigenvalue weighted by atomic mass is 10.1. The van der Waals surface area contributed by atoms with Gasteiger partial charge in [-0.05, 0) is 24.7 Å². The Morgan fingerprint density at radius 1 is 1.24 bits per heavy atom. The zero-order valence-corrected chi connectivity index (χ0v) is 10.3. The van der Waals surface area contributed by atoms with Crippen LogP contribution in [0.2, 0.25) is 0 Å². The Labute approximate surface area is 103 Å². The molecule has 2 N–H and O–H groups in total. The van der Waals surface area contributed by atoms with Gasteiger partial charge in [-0.3, -0.25) is 4.79 Å². The van der Waals surface area contributed by atoms with E-state index < -0.39 is 0 Å². The van der Waals surface area contributed by atoms with Gasteiger partial charge in [0.25, 0.3) is 0 Å². The summed E-state index contributed by atoms with van der Waals surface area (Å²) < 4.78 is 0. The molecule has 0 unspecified atom stereocenters. The minimum absolute atomic E-state index is 0.0258. The SMILES string of the molecule is CNCCC#Cc1ccc(CC(=O)NC)cc1. The molecule has 1 aromatic rings. The summed E-state index contributed by atoms with van der Waals surface area (Å²) in [6, 6.07) is 7.78. The third kappa shape index (κ3) is 5.19. The van der Waals surface area contributed by atoms with E-state index in [0.29, 0.717) is 6.42 Å². The van der Waals surface area contributed by atoms with Crippen molar-refractivity contribution in [3.05, 3.63) is 35.4 Å². The van der Waals surface area contributed by atoms with Crippen molar-refractivity contribution >= 4 is 5.91 Å². The predicted molar refractivity (Wildman–Crippen MR) is 69.6 cm³/mol. The molecule has 3 nitrogen and oxygen atoms in total. The van der Waals surface area contributed by atoms with Gasteiger partial charge >= 0.3 is 0 Å². The molecule has 0 aliphatic carbocycles. The van der Waals surface area contributed by atoms with E-state index >= 15 is 0 Å². The highest BCUT2D eigenvalue weighted by molar-refractivity contribution is 5.78. The molecule has 0 spiro atoms. The van der Waals surface area contributed by atoms with Crippen LogP contribution >= 0.6 is 0 Å². The van der Waals surface area contributed by atoms with Crippen LogP contribution in [-0.2, 0) is 11.2 Å². The molecule has 0 saturated heterocycles. The first-order valence-corrected chi connectivity index (χ1v) is 5.69. The fraction of sp³-hybridized carbons (Fsp3) is 0.357. The van der Waals surface area contributed by atoms with Crippen LogP contribution in [0.1, 0.15) is 17.5 Å². The third-order valence-corrected chi connectivity index (χ3v) is 2.33. The van der Waals surface area contributed by atoms with E-state index in [1.54, 1.807) is 7.05 Å². The predicted octanol–water partition coefficient (Wildman–Crippen LogP) is 0.936. The minimum Gasteiger partial charge on any atom is -0.359 e. The van der Waals surface area contributed by atoms with Crippen LogP contribution in [0.3, 0.4) is 0 Å². The molecule has 1 rings (SSSR count). The number of nitrogens with one attached hydrogen (secondary N) is 2. The van der Waals surface area contributed by atoms with Crippen LogP contribution in [0.15, 0.2) is 24.3 Å². The van der Waals surface area contributed by atoms with Gasteiger partial charge in [0.15, 0.2) is 0 Å². The van der Waals surface area contributed by atoms with Gasteiger partial charge in [0.1, 0.15) is 0 Å². The number of amides is 1. The van der Waals surface area contributed by atoms with Crippen molar-refractivity contribution in [1.29, 1.82) is 0 Å². The average molecular weight is 230 g/mol. The van der Waals surface area contributed by atoms with E-state index in [2.05, 4.69) is 22.5 Å². The van der Waals surface area contributed by atoms with Crippen molar-refractivity contribution in [3.8, 4) is 11.8 Å². The molecule has 3 heteroatoms. The summed E-state index contributed by atoms with van der Waals surface area (Å²) in [5.74, 6) is 6.19. The van der Waals surface area contributed by atoms with Gasteiger partial charge < -0.3 is 10.6 Å². The van der Waals surface area contributed by atoms with Crippen molar-refractivity contribution in [2.45, 2.75) is 12.8 Å². The van der Waals surface area contributed by atoms with Crippen molar-refractivity contribution in [3.63, 3.8) is 0 Å². The number of carbonyl (C=O) groups is 1. The van der Waals surface area contributed by atoms with Gasteiger partial charge in [0, 0.05) is 25.6 Å². The molecule has 0 aliphatic rings. The molecule has 0 saturated carbocycles. The first-order valence-electron chi connectivity index (χ1n) is 5.69. The molecule has 0 aromatic heterocycles. The van der Waals surface area contributed by atoms with Gasteiger partial charge in [-0.15, -0.1) is 0 Å². The molecule has 0 radical (unpaired) electrons. The summed E-state index contributed by atoms with van der Waals surface area (Å²) in [6.07, 6.45) is 1.26. The molecule has 90 valence electrons. The number of hydrogen-bond donors (Lipinski definition) is 2. The van der Waals surface area contributed by atoms with Gasteiger partial charge in [0.05, 0.1) is 6.42 Å². The first kappa shape index (κ1) is 13.3. The molecular formula is C14H18N2O. The maximum absolute atomic E-state index is 11.2. The van der Waals surface area contributed by atoms with E-state index in [9.17, 15) is 4.79 Å². The Bertz CT molecular complexity index is 412. The van der Waals surface area contributed by atoms with Crippen LogP contribution < -0.4 is 10.6 Å². The Kier molecular flexibility index (Phi) is 5.84. The van der Waals surface area contributed by atoms with E-state index in [0.717, 1.165) is 24.1 Å². The highest BCUT2D eigenvalue weighted by Crippen LogP contribution is 2.04. The third-order valence-electron chi connectivity index (χ3n) is 2.33. The first-order chi connectivity index (χ1) is 8.26. The second-order valence-electron chi connectivity index (χ2n) is 3.70. The second-order valence-corrected chi connectivity index (χ2v) is 3.70. The normalized spacial score (nSPS) is 9.29. The van der Waals surface area contributed by atoms with E-state index in [-0.39, 0.29) is 5.91 Å². The zero-order valence-electron chi connectivity index (χ0n) is 10.3. The van der Waals surface area contributed by atoms with Gasteiger partial charge in [0.2, 0.25) is 5.91 Å². The molecule has 0 fully saturated rings. The van der Waals surface area contributed by atoms with Crippen LogP contribution in [0.5, 0.6) is 0 Å². The monoisotopic (exact) mass is 230 g/mol. The summed E-state index contributed by atoms with van der Waals surface area (Å²) in [5, 5.41) is 5.65. The lowest BCUT2D eigenvalue weighted by molar-refractivity contribution is -0.119. The molecule has 1 amide bonds. The number of likely N-dealkylation sites (N-methyl/N-ethyl adjacent to an activating group) is 1. The summed E-state index contributed by atoms with van der Waals surface area (Å²) >= 11 is 0. The van der Waals surface area contributed by atoms with Gasteiger partial charge in [-0.25, -0.2) is 0 Å². The molecule has 1 aromatic carbocycles. The summed E-state index contributed by atoms with van der Waals surface area (Å²) in [4.78, 5) is 11.2. The Morgan fingerprint density at radius 2 is 1.94 bits per heavy atom. The molecular weight excluding hydrogens is 212 g/mol. The van der Waals surface area contributed by atoms with Crippen molar-refractivity contribution < 1.29 is 4.79 Å². The fourth-order valence-corrected chi connectivity index (χ4v) is 1.33. The maximum atomic E-state index is 11.2. The van der Waals surface area contributed by atoms with Crippen LogP contribution in [0, 0.1) is 11.8 Å². The lowest BCUT2D eigenvalue weighted by Crippen LogP contribution is -2.19. The Hall–Kier alpha value is -1.79. The van der Waals surface area contributed by atoms with Crippen LogP contribution in [-0.4, -0.2) is 26.5 Å².